The first kappa shape index (κ1) is 15.7. The standard InChI is InChI=1S/C20H22N4O/c1-2-11-22-15-18(17-8-3-4-9-19(17)22)20(25)24-13-5-7-16(24)14-23-12-6-10-21-23/h2-4,6,8-10,12,15-16H,1,5,7,11,13-14H2/t16-/m0/s1. The lowest BCUT2D eigenvalue weighted by Crippen LogP contribution is -2.38. The summed E-state index contributed by atoms with van der Waals surface area (Å²) in [4.78, 5) is 15.3. The van der Waals surface area contributed by atoms with Gasteiger partial charge in [0, 0.05) is 42.6 Å². The summed E-state index contributed by atoms with van der Waals surface area (Å²) in [5, 5.41) is 5.30. The molecule has 5 heteroatoms. The van der Waals surface area contributed by atoms with Crippen LogP contribution >= 0.6 is 0 Å². The number of hydrogen-bond donors (Lipinski definition) is 0. The second kappa shape index (κ2) is 6.59. The minimum Gasteiger partial charge on any atom is -0.343 e. The fourth-order valence-corrected chi connectivity index (χ4v) is 3.78. The van der Waals surface area contributed by atoms with Gasteiger partial charge in [0.1, 0.15) is 0 Å². The predicted molar refractivity (Wildman–Crippen MR) is 98.4 cm³/mol. The molecule has 0 saturated carbocycles. The minimum absolute atomic E-state index is 0.119. The van der Waals surface area contributed by atoms with Crippen molar-refractivity contribution in [3.8, 4) is 0 Å². The zero-order chi connectivity index (χ0) is 17.2. The van der Waals surface area contributed by atoms with Crippen LogP contribution in [0.5, 0.6) is 0 Å². The van der Waals surface area contributed by atoms with Crippen molar-refractivity contribution in [1.29, 1.82) is 0 Å². The van der Waals surface area contributed by atoms with Crippen molar-refractivity contribution in [2.45, 2.75) is 32.0 Å². The molecule has 1 atom stereocenters. The van der Waals surface area contributed by atoms with Gasteiger partial charge in [-0.15, -0.1) is 6.58 Å². The number of benzene rings is 1. The predicted octanol–water partition coefficient (Wildman–Crippen LogP) is 3.33. The van der Waals surface area contributed by atoms with Crippen LogP contribution in [-0.2, 0) is 13.1 Å². The van der Waals surface area contributed by atoms with E-state index < -0.39 is 0 Å². The molecule has 0 unspecified atom stereocenters. The summed E-state index contributed by atoms with van der Waals surface area (Å²) in [6.45, 7) is 6.09. The Morgan fingerprint density at radius 3 is 3.00 bits per heavy atom. The summed E-state index contributed by atoms with van der Waals surface area (Å²) in [7, 11) is 0. The van der Waals surface area contributed by atoms with Crippen LogP contribution in [0.1, 0.15) is 23.2 Å². The number of nitrogens with zero attached hydrogens (tertiary/aromatic N) is 4. The first-order chi connectivity index (χ1) is 12.3. The van der Waals surface area contributed by atoms with E-state index in [1.807, 2.05) is 52.3 Å². The lowest BCUT2D eigenvalue weighted by Gasteiger charge is -2.24. The van der Waals surface area contributed by atoms with E-state index in [0.717, 1.165) is 42.4 Å². The van der Waals surface area contributed by atoms with Crippen molar-refractivity contribution >= 4 is 16.8 Å². The average molecular weight is 334 g/mol. The number of aromatic nitrogens is 3. The number of carbonyl (C=O) groups excluding carboxylic acids is 1. The highest BCUT2D eigenvalue weighted by Gasteiger charge is 2.31. The molecule has 4 rings (SSSR count). The third-order valence-corrected chi connectivity index (χ3v) is 4.94. The molecule has 1 amide bonds. The van der Waals surface area contributed by atoms with Gasteiger partial charge in [0.05, 0.1) is 18.2 Å². The molecule has 1 saturated heterocycles. The molecule has 1 aliphatic rings. The normalized spacial score (nSPS) is 17.3. The number of carbonyl (C=O) groups is 1. The molecule has 0 bridgehead atoms. The summed E-state index contributed by atoms with van der Waals surface area (Å²) >= 11 is 0. The molecule has 0 N–H and O–H groups in total. The Morgan fingerprint density at radius 2 is 2.20 bits per heavy atom. The van der Waals surface area contributed by atoms with Gasteiger partial charge in [0.25, 0.3) is 5.91 Å². The van der Waals surface area contributed by atoms with Gasteiger partial charge in [0.15, 0.2) is 0 Å². The van der Waals surface area contributed by atoms with E-state index >= 15 is 0 Å². The van der Waals surface area contributed by atoms with Crippen molar-refractivity contribution in [1.82, 2.24) is 19.2 Å². The fourth-order valence-electron chi connectivity index (χ4n) is 3.78. The molecular weight excluding hydrogens is 312 g/mol. The number of amides is 1. The lowest BCUT2D eigenvalue weighted by atomic mass is 10.1. The quantitative estimate of drug-likeness (QED) is 0.672. The molecule has 0 spiro atoms. The maximum Gasteiger partial charge on any atom is 0.256 e. The Bertz CT molecular complexity index is 894. The molecule has 0 radical (unpaired) electrons. The Labute approximate surface area is 147 Å². The highest BCUT2D eigenvalue weighted by atomic mass is 16.2. The molecule has 1 aromatic carbocycles. The van der Waals surface area contributed by atoms with Crippen molar-refractivity contribution < 1.29 is 4.79 Å². The van der Waals surface area contributed by atoms with Crippen LogP contribution in [0.3, 0.4) is 0 Å². The number of hydrogen-bond acceptors (Lipinski definition) is 2. The van der Waals surface area contributed by atoms with Gasteiger partial charge in [-0.1, -0.05) is 24.3 Å². The Balaban J connectivity index is 1.66. The third-order valence-electron chi connectivity index (χ3n) is 4.94. The summed E-state index contributed by atoms with van der Waals surface area (Å²) in [6.07, 6.45) is 9.63. The molecular formula is C20H22N4O. The summed E-state index contributed by atoms with van der Waals surface area (Å²) in [6, 6.07) is 10.2. The molecule has 1 fully saturated rings. The zero-order valence-corrected chi connectivity index (χ0v) is 14.2. The average Bonchev–Trinajstić information content (AvgIpc) is 3.36. The summed E-state index contributed by atoms with van der Waals surface area (Å²) < 4.78 is 4.01. The van der Waals surface area contributed by atoms with Gasteiger partial charge >= 0.3 is 0 Å². The largest absolute Gasteiger partial charge is 0.343 e. The SMILES string of the molecule is C=CCn1cc(C(=O)N2CCC[C@H]2Cn2cccn2)c2ccccc21. The first-order valence-corrected chi connectivity index (χ1v) is 8.75. The van der Waals surface area contributed by atoms with E-state index in [2.05, 4.69) is 22.3 Å². The molecule has 2 aromatic heterocycles. The molecule has 3 aromatic rings. The van der Waals surface area contributed by atoms with Crippen molar-refractivity contribution in [3.05, 3.63) is 67.1 Å². The monoisotopic (exact) mass is 334 g/mol. The number of fused-ring (bicyclic) bond motifs is 1. The maximum absolute atomic E-state index is 13.3. The van der Waals surface area contributed by atoms with Gasteiger partial charge in [-0.05, 0) is 25.0 Å². The molecule has 0 aliphatic carbocycles. The van der Waals surface area contributed by atoms with Crippen LogP contribution in [0.25, 0.3) is 10.9 Å². The van der Waals surface area contributed by atoms with E-state index in [9.17, 15) is 4.79 Å². The van der Waals surface area contributed by atoms with E-state index in [4.69, 9.17) is 0 Å². The zero-order valence-electron chi connectivity index (χ0n) is 14.2. The van der Waals surface area contributed by atoms with Gasteiger partial charge in [0.2, 0.25) is 0 Å². The molecule has 3 heterocycles. The number of allylic oxidation sites excluding steroid dienone is 1. The smallest absolute Gasteiger partial charge is 0.256 e. The maximum atomic E-state index is 13.3. The van der Waals surface area contributed by atoms with Gasteiger partial charge in [-0.2, -0.15) is 5.10 Å². The molecule has 128 valence electrons. The van der Waals surface area contributed by atoms with Crippen molar-refractivity contribution in [3.63, 3.8) is 0 Å². The second-order valence-electron chi connectivity index (χ2n) is 6.52. The highest BCUT2D eigenvalue weighted by molar-refractivity contribution is 6.07. The van der Waals surface area contributed by atoms with Crippen LogP contribution in [0.4, 0.5) is 0 Å². The Hall–Kier alpha value is -2.82. The second-order valence-corrected chi connectivity index (χ2v) is 6.52. The van der Waals surface area contributed by atoms with Crippen LogP contribution in [0.15, 0.2) is 61.6 Å². The van der Waals surface area contributed by atoms with Gasteiger partial charge in [-0.25, -0.2) is 0 Å². The van der Waals surface area contributed by atoms with Crippen LogP contribution in [-0.4, -0.2) is 37.7 Å². The molecule has 25 heavy (non-hydrogen) atoms. The lowest BCUT2D eigenvalue weighted by molar-refractivity contribution is 0.0723. The highest BCUT2D eigenvalue weighted by Crippen LogP contribution is 2.27. The van der Waals surface area contributed by atoms with Crippen LogP contribution in [0.2, 0.25) is 0 Å². The summed E-state index contributed by atoms with van der Waals surface area (Å²) in [5.74, 6) is 0.119. The topological polar surface area (TPSA) is 43.1 Å². The van der Waals surface area contributed by atoms with Crippen LogP contribution in [0, 0.1) is 0 Å². The van der Waals surface area contributed by atoms with Gasteiger partial charge < -0.3 is 9.47 Å². The number of likely N-dealkylation sites (tertiary alicyclic amines) is 1. The Kier molecular flexibility index (Phi) is 4.14. The third kappa shape index (κ3) is 2.86. The van der Waals surface area contributed by atoms with E-state index in [0.29, 0.717) is 6.54 Å². The number of para-hydroxylation sites is 1. The fraction of sp³-hybridized carbons (Fsp3) is 0.300. The van der Waals surface area contributed by atoms with Crippen molar-refractivity contribution in [2.24, 2.45) is 0 Å². The number of rotatable bonds is 5. The molecule has 1 aliphatic heterocycles. The minimum atomic E-state index is 0.119. The van der Waals surface area contributed by atoms with E-state index in [-0.39, 0.29) is 11.9 Å². The van der Waals surface area contributed by atoms with Gasteiger partial charge in [-0.3, -0.25) is 9.48 Å². The van der Waals surface area contributed by atoms with Crippen molar-refractivity contribution in [2.75, 3.05) is 6.54 Å². The first-order valence-electron chi connectivity index (χ1n) is 8.75. The van der Waals surface area contributed by atoms with E-state index in [1.54, 1.807) is 6.20 Å². The van der Waals surface area contributed by atoms with Crippen LogP contribution < -0.4 is 0 Å². The van der Waals surface area contributed by atoms with E-state index in [1.165, 1.54) is 0 Å². The summed E-state index contributed by atoms with van der Waals surface area (Å²) in [5.41, 5.74) is 1.86. The molecule has 5 nitrogen and oxygen atoms in total. The Morgan fingerprint density at radius 1 is 1.32 bits per heavy atom.